The van der Waals surface area contributed by atoms with E-state index in [0.29, 0.717) is 23.1 Å². The molecule has 1 fully saturated rings. The van der Waals surface area contributed by atoms with Gasteiger partial charge in [0.05, 0.1) is 6.20 Å². The van der Waals surface area contributed by atoms with Crippen molar-refractivity contribution in [3.8, 4) is 0 Å². The van der Waals surface area contributed by atoms with Gasteiger partial charge in [-0.25, -0.2) is 4.98 Å². The summed E-state index contributed by atoms with van der Waals surface area (Å²) in [5.74, 6) is 0.678. The first kappa shape index (κ1) is 18.0. The molecule has 0 aliphatic carbocycles. The predicted molar refractivity (Wildman–Crippen MR) is 100 cm³/mol. The lowest BCUT2D eigenvalue weighted by Gasteiger charge is -2.35. The largest absolute Gasteiger partial charge is 0.338 e. The lowest BCUT2D eigenvalue weighted by atomic mass is 9.91. The number of piperidine rings is 1. The molecule has 2 aromatic rings. The Labute approximate surface area is 153 Å². The van der Waals surface area contributed by atoms with Crippen LogP contribution in [0.3, 0.4) is 0 Å². The molecule has 3 rings (SSSR count). The van der Waals surface area contributed by atoms with E-state index in [0.717, 1.165) is 25.1 Å². The van der Waals surface area contributed by atoms with Crippen LogP contribution in [0, 0.1) is 18.8 Å². The van der Waals surface area contributed by atoms with E-state index in [9.17, 15) is 9.59 Å². The molecule has 26 heavy (non-hydrogen) atoms. The first-order valence-corrected chi connectivity index (χ1v) is 8.91. The molecule has 2 heterocycles. The molecule has 0 saturated carbocycles. The molecular formula is C20H24N4O2. The fourth-order valence-corrected chi connectivity index (χ4v) is 3.50. The minimum Gasteiger partial charge on any atom is -0.338 e. The lowest BCUT2D eigenvalue weighted by Crippen LogP contribution is -2.42. The van der Waals surface area contributed by atoms with Crippen LogP contribution in [0.2, 0.25) is 0 Å². The van der Waals surface area contributed by atoms with Gasteiger partial charge in [0.15, 0.2) is 0 Å². The van der Waals surface area contributed by atoms with Crippen molar-refractivity contribution in [3.05, 3.63) is 53.6 Å². The molecule has 1 aliphatic rings. The summed E-state index contributed by atoms with van der Waals surface area (Å²) in [6.07, 6.45) is 5.55. The first-order valence-electron chi connectivity index (χ1n) is 8.91. The predicted octanol–water partition coefficient (Wildman–Crippen LogP) is 3.16. The van der Waals surface area contributed by atoms with E-state index in [1.807, 2.05) is 24.0 Å². The molecule has 1 aromatic carbocycles. The van der Waals surface area contributed by atoms with E-state index >= 15 is 0 Å². The van der Waals surface area contributed by atoms with Crippen LogP contribution in [0.25, 0.3) is 0 Å². The van der Waals surface area contributed by atoms with Crippen LogP contribution < -0.4 is 5.32 Å². The van der Waals surface area contributed by atoms with Crippen molar-refractivity contribution >= 4 is 17.5 Å². The highest BCUT2D eigenvalue weighted by Crippen LogP contribution is 2.24. The number of hydrogen-bond acceptors (Lipinski definition) is 4. The number of hydrogen-bond donors (Lipinski definition) is 1. The summed E-state index contributed by atoms with van der Waals surface area (Å²) in [6.45, 7) is 7.80. The maximum atomic E-state index is 12.9. The van der Waals surface area contributed by atoms with Crippen LogP contribution in [0.1, 0.15) is 46.7 Å². The number of likely N-dealkylation sites (tertiary alicyclic amines) is 1. The Kier molecular flexibility index (Phi) is 5.30. The lowest BCUT2D eigenvalue weighted by molar-refractivity contribution is 0.0623. The summed E-state index contributed by atoms with van der Waals surface area (Å²) in [4.78, 5) is 35.1. The Morgan fingerprint density at radius 1 is 1.15 bits per heavy atom. The Balaban J connectivity index is 1.79. The minimum atomic E-state index is -0.342. The number of carbonyl (C=O) groups is 2. The van der Waals surface area contributed by atoms with Gasteiger partial charge in [0.1, 0.15) is 5.69 Å². The maximum absolute atomic E-state index is 12.9. The third-order valence-corrected chi connectivity index (χ3v) is 4.68. The second kappa shape index (κ2) is 7.64. The van der Waals surface area contributed by atoms with Crippen molar-refractivity contribution in [2.24, 2.45) is 11.8 Å². The van der Waals surface area contributed by atoms with Crippen LogP contribution in [0.15, 0.2) is 36.8 Å². The average molecular weight is 352 g/mol. The van der Waals surface area contributed by atoms with Crippen molar-refractivity contribution < 1.29 is 9.59 Å². The van der Waals surface area contributed by atoms with Crippen molar-refractivity contribution in [1.82, 2.24) is 14.9 Å². The topological polar surface area (TPSA) is 75.2 Å². The highest BCUT2D eigenvalue weighted by atomic mass is 16.2. The average Bonchev–Trinajstić information content (AvgIpc) is 2.63. The zero-order valence-corrected chi connectivity index (χ0v) is 15.4. The number of anilines is 1. The molecule has 1 aliphatic heterocycles. The fraction of sp³-hybridized carbons (Fsp3) is 0.400. The van der Waals surface area contributed by atoms with Crippen molar-refractivity contribution in [2.75, 3.05) is 18.4 Å². The summed E-state index contributed by atoms with van der Waals surface area (Å²) in [7, 11) is 0. The Hall–Kier alpha value is -2.76. The molecule has 6 nitrogen and oxygen atoms in total. The smallest absolute Gasteiger partial charge is 0.275 e. The number of nitrogens with one attached hydrogen (secondary N) is 1. The summed E-state index contributed by atoms with van der Waals surface area (Å²) in [5.41, 5.74) is 2.33. The standard InChI is InChI=1S/C20H24N4O2/c1-13-8-14(2)12-24(11-13)20(26)16-5-4-15(3)17(9-16)23-19(25)18-10-21-6-7-22-18/h4-7,9-10,13-14H,8,11-12H2,1-3H3,(H,23,25). The zero-order valence-electron chi connectivity index (χ0n) is 15.4. The van der Waals surface area contributed by atoms with E-state index in [-0.39, 0.29) is 17.5 Å². The maximum Gasteiger partial charge on any atom is 0.275 e. The molecule has 0 radical (unpaired) electrons. The molecule has 0 bridgehead atoms. The van der Waals surface area contributed by atoms with E-state index in [2.05, 4.69) is 29.1 Å². The van der Waals surface area contributed by atoms with Gasteiger partial charge >= 0.3 is 0 Å². The monoisotopic (exact) mass is 352 g/mol. The van der Waals surface area contributed by atoms with Gasteiger partial charge in [-0.3, -0.25) is 14.6 Å². The Bertz CT molecular complexity index is 797. The Morgan fingerprint density at radius 3 is 2.54 bits per heavy atom. The number of amides is 2. The molecule has 136 valence electrons. The van der Waals surface area contributed by atoms with E-state index in [1.54, 1.807) is 6.07 Å². The minimum absolute atomic E-state index is 0.0124. The third kappa shape index (κ3) is 4.07. The zero-order chi connectivity index (χ0) is 18.7. The van der Waals surface area contributed by atoms with Gasteiger partial charge in [-0.1, -0.05) is 19.9 Å². The second-order valence-electron chi connectivity index (χ2n) is 7.23. The summed E-state index contributed by atoms with van der Waals surface area (Å²) >= 11 is 0. The molecule has 0 spiro atoms. The van der Waals surface area contributed by atoms with Crippen LogP contribution in [-0.2, 0) is 0 Å². The summed E-state index contributed by atoms with van der Waals surface area (Å²) in [5, 5.41) is 2.83. The van der Waals surface area contributed by atoms with Crippen LogP contribution in [-0.4, -0.2) is 39.8 Å². The molecular weight excluding hydrogens is 328 g/mol. The molecule has 2 unspecified atom stereocenters. The number of benzene rings is 1. The fourth-order valence-electron chi connectivity index (χ4n) is 3.50. The highest BCUT2D eigenvalue weighted by Gasteiger charge is 2.26. The molecule has 1 N–H and O–H groups in total. The normalized spacial score (nSPS) is 19.9. The summed E-state index contributed by atoms with van der Waals surface area (Å²) < 4.78 is 0. The summed E-state index contributed by atoms with van der Waals surface area (Å²) in [6, 6.07) is 5.42. The first-order chi connectivity index (χ1) is 12.4. The van der Waals surface area contributed by atoms with Gasteiger partial charge in [-0.15, -0.1) is 0 Å². The number of carbonyl (C=O) groups excluding carboxylic acids is 2. The van der Waals surface area contributed by atoms with Gasteiger partial charge in [0.25, 0.3) is 11.8 Å². The van der Waals surface area contributed by atoms with Gasteiger partial charge in [0, 0.05) is 36.7 Å². The molecule has 1 aromatic heterocycles. The van der Waals surface area contributed by atoms with Crippen molar-refractivity contribution in [1.29, 1.82) is 0 Å². The molecule has 2 atom stereocenters. The quantitative estimate of drug-likeness (QED) is 0.921. The van der Waals surface area contributed by atoms with E-state index in [1.165, 1.54) is 18.6 Å². The SMILES string of the molecule is Cc1ccc(C(=O)N2CC(C)CC(C)C2)cc1NC(=O)c1cnccn1. The third-order valence-electron chi connectivity index (χ3n) is 4.68. The van der Waals surface area contributed by atoms with Crippen LogP contribution in [0.5, 0.6) is 0 Å². The van der Waals surface area contributed by atoms with Crippen molar-refractivity contribution in [3.63, 3.8) is 0 Å². The Morgan fingerprint density at radius 2 is 1.88 bits per heavy atom. The van der Waals surface area contributed by atoms with Gasteiger partial charge in [-0.2, -0.15) is 0 Å². The van der Waals surface area contributed by atoms with E-state index < -0.39 is 0 Å². The van der Waals surface area contributed by atoms with Gasteiger partial charge < -0.3 is 10.2 Å². The molecule has 1 saturated heterocycles. The molecule has 2 amide bonds. The number of aryl methyl sites for hydroxylation is 1. The second-order valence-corrected chi connectivity index (χ2v) is 7.23. The van der Waals surface area contributed by atoms with Crippen LogP contribution >= 0.6 is 0 Å². The van der Waals surface area contributed by atoms with Gasteiger partial charge in [0.2, 0.25) is 0 Å². The van der Waals surface area contributed by atoms with E-state index in [4.69, 9.17) is 0 Å². The number of aromatic nitrogens is 2. The number of nitrogens with zero attached hydrogens (tertiary/aromatic N) is 3. The van der Waals surface area contributed by atoms with Crippen molar-refractivity contribution in [2.45, 2.75) is 27.2 Å². The van der Waals surface area contributed by atoms with Crippen LogP contribution in [0.4, 0.5) is 5.69 Å². The molecule has 6 heteroatoms. The number of rotatable bonds is 3. The highest BCUT2D eigenvalue weighted by molar-refractivity contribution is 6.04. The van der Waals surface area contributed by atoms with Gasteiger partial charge in [-0.05, 0) is 42.9 Å².